The Morgan fingerprint density at radius 3 is 2.90 bits per heavy atom. The minimum atomic E-state index is -0.136. The van der Waals surface area contributed by atoms with Crippen LogP contribution in [0.1, 0.15) is 32.4 Å². The second kappa shape index (κ2) is 4.97. The number of nitrogens with zero attached hydrogens (tertiary/aromatic N) is 1. The molecule has 1 N–H and O–H groups in total. The molecule has 0 radical (unpaired) electrons. The van der Waals surface area contributed by atoms with Gasteiger partial charge in [0.15, 0.2) is 0 Å². The summed E-state index contributed by atoms with van der Waals surface area (Å²) in [6, 6.07) is 4.05. The first kappa shape index (κ1) is 13.8. The molecule has 20 heavy (non-hydrogen) atoms. The lowest BCUT2D eigenvalue weighted by molar-refractivity contribution is -0.165. The third-order valence-corrected chi connectivity index (χ3v) is 5.56. The van der Waals surface area contributed by atoms with Crippen LogP contribution in [0.3, 0.4) is 0 Å². The highest BCUT2D eigenvalue weighted by atomic mass is 16.5. The second-order valence-electron chi connectivity index (χ2n) is 6.42. The molecule has 2 bridgehead atoms. The smallest absolute Gasteiger partial charge is 0.0907 e. The van der Waals surface area contributed by atoms with Gasteiger partial charge in [0, 0.05) is 23.7 Å². The van der Waals surface area contributed by atoms with Crippen molar-refractivity contribution in [3.63, 3.8) is 0 Å². The highest BCUT2D eigenvalue weighted by Gasteiger charge is 2.53. The fourth-order valence-corrected chi connectivity index (χ4v) is 4.13. The monoisotopic (exact) mass is 273 g/mol. The Balaban J connectivity index is 2.02. The third-order valence-electron chi connectivity index (χ3n) is 5.56. The fraction of sp³-hybridized carbons (Fsp3) is 0.588. The molecule has 0 saturated carbocycles. The summed E-state index contributed by atoms with van der Waals surface area (Å²) < 4.78 is 6.20. The molecule has 3 heteroatoms. The molecule has 1 saturated heterocycles. The molecule has 3 nitrogen and oxygen atoms in total. The summed E-state index contributed by atoms with van der Waals surface area (Å²) in [5, 5.41) is 9.96. The van der Waals surface area contributed by atoms with Gasteiger partial charge in [-0.1, -0.05) is 31.6 Å². The quantitative estimate of drug-likeness (QED) is 0.842. The number of allylic oxidation sites excluding steroid dienone is 1. The Bertz CT molecular complexity index is 513. The van der Waals surface area contributed by atoms with E-state index in [1.165, 1.54) is 5.57 Å². The summed E-state index contributed by atoms with van der Waals surface area (Å²) in [5.74, 6) is 1.09. The molecule has 1 aromatic heterocycles. The van der Waals surface area contributed by atoms with E-state index in [4.69, 9.17) is 4.74 Å². The molecule has 2 heterocycles. The van der Waals surface area contributed by atoms with Gasteiger partial charge in [0.2, 0.25) is 0 Å². The Labute approximate surface area is 120 Å². The molecule has 2 aliphatic rings. The van der Waals surface area contributed by atoms with Crippen molar-refractivity contribution in [2.45, 2.75) is 26.9 Å². The number of ether oxygens (including phenoxy) is 1. The van der Waals surface area contributed by atoms with Crippen molar-refractivity contribution in [3.8, 4) is 0 Å². The zero-order valence-corrected chi connectivity index (χ0v) is 12.4. The van der Waals surface area contributed by atoms with Crippen LogP contribution in [0.2, 0.25) is 0 Å². The van der Waals surface area contributed by atoms with Crippen molar-refractivity contribution in [1.82, 2.24) is 4.98 Å². The maximum absolute atomic E-state index is 9.96. The number of pyridine rings is 1. The summed E-state index contributed by atoms with van der Waals surface area (Å²) in [6.45, 7) is 7.46. The SMILES string of the molecule is CC1=C[C@H](C)[C@]2(CO)CO[C@@H](c3cccnc3)[C@@H]1[C@@H]2C. The minimum absolute atomic E-state index is 0.0575. The van der Waals surface area contributed by atoms with Crippen LogP contribution in [0.4, 0.5) is 0 Å². The van der Waals surface area contributed by atoms with Crippen LogP contribution in [0.15, 0.2) is 36.2 Å². The maximum Gasteiger partial charge on any atom is 0.0907 e. The molecular formula is C17H23NO2. The van der Waals surface area contributed by atoms with E-state index in [0.29, 0.717) is 24.4 Å². The Morgan fingerprint density at radius 1 is 1.45 bits per heavy atom. The van der Waals surface area contributed by atoms with Gasteiger partial charge in [-0.3, -0.25) is 4.98 Å². The van der Waals surface area contributed by atoms with E-state index in [9.17, 15) is 5.11 Å². The number of rotatable bonds is 2. The van der Waals surface area contributed by atoms with Gasteiger partial charge in [-0.05, 0) is 30.4 Å². The van der Waals surface area contributed by atoms with E-state index >= 15 is 0 Å². The van der Waals surface area contributed by atoms with Crippen molar-refractivity contribution in [2.75, 3.05) is 13.2 Å². The lowest BCUT2D eigenvalue weighted by atomic mass is 9.56. The van der Waals surface area contributed by atoms with E-state index in [1.807, 2.05) is 12.3 Å². The molecule has 0 amide bonds. The van der Waals surface area contributed by atoms with Gasteiger partial charge in [-0.15, -0.1) is 0 Å². The van der Waals surface area contributed by atoms with Crippen molar-refractivity contribution in [1.29, 1.82) is 0 Å². The van der Waals surface area contributed by atoms with E-state index in [0.717, 1.165) is 5.56 Å². The second-order valence-corrected chi connectivity index (χ2v) is 6.42. The van der Waals surface area contributed by atoms with Crippen LogP contribution >= 0.6 is 0 Å². The average molecular weight is 273 g/mol. The third kappa shape index (κ3) is 1.84. The van der Waals surface area contributed by atoms with Crippen LogP contribution in [-0.4, -0.2) is 23.3 Å². The van der Waals surface area contributed by atoms with Crippen LogP contribution in [0.5, 0.6) is 0 Å². The topological polar surface area (TPSA) is 42.4 Å². The predicted molar refractivity (Wildman–Crippen MR) is 78.0 cm³/mol. The standard InChI is InChI=1S/C17H23NO2/c1-11-7-12(2)17(9-19)10-20-16(15(11)13(17)3)14-5-4-6-18-8-14/h4-8,12-13,15-16,19H,9-10H2,1-3H3/t12-,13-,15-,16-,17-/m0/s1. The van der Waals surface area contributed by atoms with Gasteiger partial charge in [0.25, 0.3) is 0 Å². The number of hydrogen-bond donors (Lipinski definition) is 1. The Kier molecular flexibility index (Phi) is 3.43. The van der Waals surface area contributed by atoms with E-state index in [-0.39, 0.29) is 18.1 Å². The Hall–Kier alpha value is -1.19. The summed E-state index contributed by atoms with van der Waals surface area (Å²) in [5.41, 5.74) is 2.38. The molecule has 1 aliphatic heterocycles. The molecule has 0 spiro atoms. The first-order valence-corrected chi connectivity index (χ1v) is 7.41. The van der Waals surface area contributed by atoms with Crippen LogP contribution < -0.4 is 0 Å². The molecule has 0 aromatic carbocycles. The molecule has 108 valence electrons. The number of aliphatic hydroxyl groups is 1. The zero-order chi connectivity index (χ0) is 14.3. The van der Waals surface area contributed by atoms with Crippen molar-refractivity contribution in [2.24, 2.45) is 23.2 Å². The first-order chi connectivity index (χ1) is 9.60. The van der Waals surface area contributed by atoms with Crippen LogP contribution in [-0.2, 0) is 4.74 Å². The summed E-state index contributed by atoms with van der Waals surface area (Å²) in [4.78, 5) is 4.22. The largest absolute Gasteiger partial charge is 0.396 e. The van der Waals surface area contributed by atoms with Gasteiger partial charge < -0.3 is 9.84 Å². The molecule has 1 aliphatic carbocycles. The normalized spacial score (nSPS) is 40.3. The van der Waals surface area contributed by atoms with Gasteiger partial charge >= 0.3 is 0 Å². The molecule has 1 aromatic rings. The Morgan fingerprint density at radius 2 is 2.25 bits per heavy atom. The number of fused-ring (bicyclic) bond motifs is 2. The molecule has 0 unspecified atom stereocenters. The molecule has 1 fully saturated rings. The van der Waals surface area contributed by atoms with Crippen LogP contribution in [0, 0.1) is 23.2 Å². The van der Waals surface area contributed by atoms with Crippen molar-refractivity contribution >= 4 is 0 Å². The van der Waals surface area contributed by atoms with Gasteiger partial charge in [-0.25, -0.2) is 0 Å². The zero-order valence-electron chi connectivity index (χ0n) is 12.4. The predicted octanol–water partition coefficient (Wildman–Crippen LogP) is 2.98. The van der Waals surface area contributed by atoms with E-state index in [2.05, 4.69) is 37.9 Å². The number of hydrogen-bond acceptors (Lipinski definition) is 3. The minimum Gasteiger partial charge on any atom is -0.396 e. The highest BCUT2D eigenvalue weighted by Crippen LogP contribution is 2.55. The number of aliphatic hydroxyl groups excluding tert-OH is 1. The van der Waals surface area contributed by atoms with Gasteiger partial charge in [-0.2, -0.15) is 0 Å². The van der Waals surface area contributed by atoms with Crippen LogP contribution in [0.25, 0.3) is 0 Å². The molecular weight excluding hydrogens is 250 g/mol. The lowest BCUT2D eigenvalue weighted by Crippen LogP contribution is -2.53. The number of aromatic nitrogens is 1. The summed E-state index contributed by atoms with van der Waals surface area (Å²) in [7, 11) is 0. The van der Waals surface area contributed by atoms with Gasteiger partial charge in [0.1, 0.15) is 0 Å². The van der Waals surface area contributed by atoms with Crippen molar-refractivity contribution < 1.29 is 9.84 Å². The highest BCUT2D eigenvalue weighted by molar-refractivity contribution is 5.26. The van der Waals surface area contributed by atoms with E-state index in [1.54, 1.807) is 6.20 Å². The molecule has 3 rings (SSSR count). The lowest BCUT2D eigenvalue weighted by Gasteiger charge is -2.55. The average Bonchev–Trinajstić information content (AvgIpc) is 2.46. The maximum atomic E-state index is 9.96. The first-order valence-electron chi connectivity index (χ1n) is 7.41. The van der Waals surface area contributed by atoms with Gasteiger partial charge in [0.05, 0.1) is 19.3 Å². The summed E-state index contributed by atoms with van der Waals surface area (Å²) >= 11 is 0. The fourth-order valence-electron chi connectivity index (χ4n) is 4.13. The van der Waals surface area contributed by atoms with E-state index < -0.39 is 0 Å². The van der Waals surface area contributed by atoms with Crippen molar-refractivity contribution in [3.05, 3.63) is 41.7 Å². The summed E-state index contributed by atoms with van der Waals surface area (Å²) in [6.07, 6.45) is 6.07. The molecule has 5 atom stereocenters.